The summed E-state index contributed by atoms with van der Waals surface area (Å²) in [6.07, 6.45) is 0. The molecular weight excluding hydrogens is 488 g/mol. The van der Waals surface area contributed by atoms with Crippen molar-refractivity contribution in [1.82, 2.24) is 9.80 Å². The Kier molecular flexibility index (Phi) is 7.13. The molecule has 0 unspecified atom stereocenters. The standard InChI is InChI=1S/C29H30N2O7/c1-36-21-11-18(12-22(13-21)37-2)16-30-7-9-31(10-8-30)17-23-24(33)14-25(34)28-26(35)15-27(38-29(23)28)19-3-5-20(32)6-4-19/h3-6,11-15,32-34H,7-10,16-17H2,1-2H3. The molecule has 0 spiro atoms. The van der Waals surface area contributed by atoms with Crippen LogP contribution in [0.25, 0.3) is 22.3 Å². The summed E-state index contributed by atoms with van der Waals surface area (Å²) in [5, 5.41) is 30.8. The second-order valence-corrected chi connectivity index (χ2v) is 9.39. The number of fused-ring (bicyclic) bond motifs is 1. The highest BCUT2D eigenvalue weighted by Gasteiger charge is 2.23. The summed E-state index contributed by atoms with van der Waals surface area (Å²) in [5.41, 5.74) is 1.89. The fourth-order valence-corrected chi connectivity index (χ4v) is 4.82. The highest BCUT2D eigenvalue weighted by Crippen LogP contribution is 2.36. The largest absolute Gasteiger partial charge is 0.508 e. The molecule has 1 aromatic heterocycles. The van der Waals surface area contributed by atoms with Crippen molar-refractivity contribution < 1.29 is 29.2 Å². The van der Waals surface area contributed by atoms with Crippen LogP contribution in [0.2, 0.25) is 0 Å². The first-order valence-electron chi connectivity index (χ1n) is 12.3. The molecule has 9 heteroatoms. The first-order chi connectivity index (χ1) is 18.3. The summed E-state index contributed by atoms with van der Waals surface area (Å²) >= 11 is 0. The molecule has 0 amide bonds. The molecule has 5 rings (SSSR count). The lowest BCUT2D eigenvalue weighted by Crippen LogP contribution is -2.45. The Morgan fingerprint density at radius 1 is 0.789 bits per heavy atom. The van der Waals surface area contributed by atoms with Crippen LogP contribution in [0.15, 0.2) is 63.8 Å². The van der Waals surface area contributed by atoms with Gasteiger partial charge in [-0.2, -0.15) is 0 Å². The van der Waals surface area contributed by atoms with Gasteiger partial charge in [-0.05, 0) is 42.0 Å². The van der Waals surface area contributed by atoms with E-state index in [0.717, 1.165) is 49.8 Å². The molecule has 0 atom stereocenters. The molecule has 0 radical (unpaired) electrons. The predicted octanol–water partition coefficient (Wildman–Crippen LogP) is 3.91. The van der Waals surface area contributed by atoms with Crippen LogP contribution in [0.4, 0.5) is 0 Å². The topological polar surface area (TPSA) is 116 Å². The Bertz CT molecular complexity index is 1480. The van der Waals surface area contributed by atoms with E-state index < -0.39 is 5.43 Å². The van der Waals surface area contributed by atoms with Gasteiger partial charge >= 0.3 is 0 Å². The van der Waals surface area contributed by atoms with Crippen LogP contribution in [0.5, 0.6) is 28.7 Å². The SMILES string of the molecule is COc1cc(CN2CCN(Cc3c(O)cc(O)c4c(=O)cc(-c5ccc(O)cc5)oc34)CC2)cc(OC)c1. The van der Waals surface area contributed by atoms with Crippen molar-refractivity contribution in [3.05, 3.63) is 75.9 Å². The Hall–Kier alpha value is -4.21. The summed E-state index contributed by atoms with van der Waals surface area (Å²) in [5.74, 6) is 1.42. The third-order valence-electron chi connectivity index (χ3n) is 6.88. The highest BCUT2D eigenvalue weighted by molar-refractivity contribution is 5.89. The van der Waals surface area contributed by atoms with Gasteiger partial charge in [-0.25, -0.2) is 0 Å². The van der Waals surface area contributed by atoms with E-state index in [-0.39, 0.29) is 34.0 Å². The number of piperazine rings is 1. The molecule has 4 aromatic rings. The number of hydrogen-bond donors (Lipinski definition) is 3. The number of benzene rings is 3. The van der Waals surface area contributed by atoms with Crippen LogP contribution in [-0.4, -0.2) is 65.5 Å². The van der Waals surface area contributed by atoms with E-state index in [9.17, 15) is 20.1 Å². The monoisotopic (exact) mass is 518 g/mol. The normalized spacial score (nSPS) is 14.6. The number of nitrogens with zero attached hydrogens (tertiary/aromatic N) is 2. The second kappa shape index (κ2) is 10.6. The van der Waals surface area contributed by atoms with Gasteiger partial charge in [-0.1, -0.05) is 0 Å². The molecule has 3 aromatic carbocycles. The maximum Gasteiger partial charge on any atom is 0.197 e. The van der Waals surface area contributed by atoms with Crippen molar-refractivity contribution in [3.8, 4) is 40.1 Å². The molecule has 0 aliphatic carbocycles. The minimum atomic E-state index is -0.411. The minimum absolute atomic E-state index is 0.0333. The molecule has 0 bridgehead atoms. The Labute approximate surface area is 219 Å². The van der Waals surface area contributed by atoms with Gasteiger partial charge in [0, 0.05) is 63.0 Å². The smallest absolute Gasteiger partial charge is 0.197 e. The Balaban J connectivity index is 1.36. The molecule has 38 heavy (non-hydrogen) atoms. The van der Waals surface area contributed by atoms with Crippen LogP contribution in [-0.2, 0) is 13.1 Å². The lowest BCUT2D eigenvalue weighted by atomic mass is 10.1. The summed E-state index contributed by atoms with van der Waals surface area (Å²) in [7, 11) is 3.27. The van der Waals surface area contributed by atoms with Crippen molar-refractivity contribution in [3.63, 3.8) is 0 Å². The van der Waals surface area contributed by atoms with Gasteiger partial charge in [0.25, 0.3) is 0 Å². The average Bonchev–Trinajstić information content (AvgIpc) is 2.91. The number of rotatable bonds is 7. The van der Waals surface area contributed by atoms with Gasteiger partial charge in [-0.3, -0.25) is 14.6 Å². The number of hydrogen-bond acceptors (Lipinski definition) is 9. The molecule has 0 saturated carbocycles. The van der Waals surface area contributed by atoms with E-state index in [1.807, 2.05) is 18.2 Å². The van der Waals surface area contributed by atoms with Crippen molar-refractivity contribution >= 4 is 11.0 Å². The van der Waals surface area contributed by atoms with Crippen LogP contribution in [0, 0.1) is 0 Å². The number of methoxy groups -OCH3 is 2. The van der Waals surface area contributed by atoms with E-state index in [4.69, 9.17) is 13.9 Å². The van der Waals surface area contributed by atoms with E-state index in [1.165, 1.54) is 24.3 Å². The maximum atomic E-state index is 12.9. The van der Waals surface area contributed by atoms with Gasteiger partial charge in [0.2, 0.25) is 0 Å². The predicted molar refractivity (Wildman–Crippen MR) is 143 cm³/mol. The number of ether oxygens (including phenoxy) is 2. The number of phenolic OH excluding ortho intramolecular Hbond substituents is 3. The maximum absolute atomic E-state index is 12.9. The zero-order valence-corrected chi connectivity index (χ0v) is 21.3. The average molecular weight is 519 g/mol. The molecule has 3 N–H and O–H groups in total. The Morgan fingerprint density at radius 2 is 1.39 bits per heavy atom. The summed E-state index contributed by atoms with van der Waals surface area (Å²) < 4.78 is 16.9. The molecule has 1 fully saturated rings. The van der Waals surface area contributed by atoms with E-state index in [2.05, 4.69) is 9.80 Å². The third-order valence-corrected chi connectivity index (χ3v) is 6.88. The highest BCUT2D eigenvalue weighted by atomic mass is 16.5. The summed E-state index contributed by atoms with van der Waals surface area (Å²) in [4.78, 5) is 17.5. The fraction of sp³-hybridized carbons (Fsp3) is 0.276. The number of phenols is 3. The summed E-state index contributed by atoms with van der Waals surface area (Å²) in [6, 6.07) is 14.6. The zero-order valence-electron chi connectivity index (χ0n) is 21.3. The van der Waals surface area contributed by atoms with Crippen molar-refractivity contribution in [2.45, 2.75) is 13.1 Å². The van der Waals surface area contributed by atoms with Crippen LogP contribution < -0.4 is 14.9 Å². The van der Waals surface area contributed by atoms with Crippen molar-refractivity contribution in [2.75, 3.05) is 40.4 Å². The first kappa shape index (κ1) is 25.4. The van der Waals surface area contributed by atoms with Gasteiger partial charge in [-0.15, -0.1) is 0 Å². The minimum Gasteiger partial charge on any atom is -0.508 e. The fourth-order valence-electron chi connectivity index (χ4n) is 4.82. The van der Waals surface area contributed by atoms with Gasteiger partial charge in [0.15, 0.2) is 11.0 Å². The molecule has 1 aliphatic rings. The molecule has 2 heterocycles. The second-order valence-electron chi connectivity index (χ2n) is 9.39. The van der Waals surface area contributed by atoms with Crippen LogP contribution in [0.3, 0.4) is 0 Å². The molecular formula is C29H30N2O7. The lowest BCUT2D eigenvalue weighted by Gasteiger charge is -2.35. The first-order valence-corrected chi connectivity index (χ1v) is 12.3. The molecule has 1 saturated heterocycles. The molecule has 1 aliphatic heterocycles. The quantitative estimate of drug-likeness (QED) is 0.335. The number of aromatic hydroxyl groups is 3. The van der Waals surface area contributed by atoms with E-state index in [0.29, 0.717) is 17.7 Å². The van der Waals surface area contributed by atoms with Gasteiger partial charge in [0.05, 0.1) is 19.8 Å². The lowest BCUT2D eigenvalue weighted by molar-refractivity contribution is 0.121. The van der Waals surface area contributed by atoms with Crippen molar-refractivity contribution in [2.24, 2.45) is 0 Å². The van der Waals surface area contributed by atoms with Crippen molar-refractivity contribution in [1.29, 1.82) is 0 Å². The Morgan fingerprint density at radius 3 is 2.00 bits per heavy atom. The van der Waals surface area contributed by atoms with Crippen LogP contribution in [0.1, 0.15) is 11.1 Å². The van der Waals surface area contributed by atoms with E-state index in [1.54, 1.807) is 26.4 Å². The van der Waals surface area contributed by atoms with Gasteiger partial charge < -0.3 is 29.2 Å². The van der Waals surface area contributed by atoms with Crippen LogP contribution >= 0.6 is 0 Å². The van der Waals surface area contributed by atoms with Gasteiger partial charge in [0.1, 0.15) is 39.9 Å². The van der Waals surface area contributed by atoms with E-state index >= 15 is 0 Å². The zero-order chi connectivity index (χ0) is 26.8. The molecule has 9 nitrogen and oxygen atoms in total. The summed E-state index contributed by atoms with van der Waals surface area (Å²) in [6.45, 7) is 4.19. The molecule has 198 valence electrons. The third kappa shape index (κ3) is 5.25.